The lowest BCUT2D eigenvalue weighted by molar-refractivity contribution is -0.136. The average molecular weight is 428 g/mol. The Hall–Kier alpha value is -2.41. The van der Waals surface area contributed by atoms with Gasteiger partial charge in [-0.15, -0.1) is 10.2 Å². The Balaban J connectivity index is 1.35. The van der Waals surface area contributed by atoms with E-state index in [9.17, 15) is 9.59 Å². The van der Waals surface area contributed by atoms with Gasteiger partial charge in [0.15, 0.2) is 5.82 Å². The molecule has 0 radical (unpaired) electrons. The summed E-state index contributed by atoms with van der Waals surface area (Å²) in [6, 6.07) is 7.21. The monoisotopic (exact) mass is 427 g/mol. The maximum absolute atomic E-state index is 13.4. The zero-order chi connectivity index (χ0) is 20.7. The quantitative estimate of drug-likeness (QED) is 0.752. The lowest BCUT2D eigenvalue weighted by Crippen LogP contribution is -2.38. The summed E-state index contributed by atoms with van der Waals surface area (Å²) in [6.07, 6.45) is 6.55. The van der Waals surface area contributed by atoms with Gasteiger partial charge >= 0.3 is 0 Å². The number of rotatable bonds is 3. The Labute approximate surface area is 181 Å². The van der Waals surface area contributed by atoms with E-state index in [4.69, 9.17) is 11.6 Å². The largest absolute Gasteiger partial charge is 0.332 e. The molecule has 0 bridgehead atoms. The van der Waals surface area contributed by atoms with Gasteiger partial charge < -0.3 is 14.4 Å². The molecule has 2 atom stereocenters. The molecule has 158 valence electrons. The molecular weight excluding hydrogens is 402 g/mol. The molecule has 3 aliphatic rings. The van der Waals surface area contributed by atoms with Gasteiger partial charge in [-0.2, -0.15) is 0 Å². The first-order valence-corrected chi connectivity index (χ1v) is 11.3. The van der Waals surface area contributed by atoms with Crippen molar-refractivity contribution in [3.63, 3.8) is 0 Å². The van der Waals surface area contributed by atoms with Crippen LogP contribution in [0, 0.1) is 5.92 Å². The first kappa shape index (κ1) is 19.5. The van der Waals surface area contributed by atoms with Crippen molar-refractivity contribution in [3.05, 3.63) is 40.9 Å². The molecule has 30 heavy (non-hydrogen) atoms. The summed E-state index contributed by atoms with van der Waals surface area (Å²) >= 11 is 6.09. The number of aromatic nitrogens is 3. The molecule has 0 saturated carbocycles. The molecule has 8 heteroatoms. The van der Waals surface area contributed by atoms with E-state index in [1.165, 1.54) is 6.42 Å². The fraction of sp³-hybridized carbons (Fsp3) is 0.545. The van der Waals surface area contributed by atoms with Crippen LogP contribution in [0.2, 0.25) is 5.02 Å². The van der Waals surface area contributed by atoms with Gasteiger partial charge in [0.05, 0.1) is 12.0 Å². The first-order chi connectivity index (χ1) is 14.6. The van der Waals surface area contributed by atoms with Crippen molar-refractivity contribution in [1.82, 2.24) is 19.7 Å². The van der Waals surface area contributed by atoms with Crippen molar-refractivity contribution in [2.45, 2.75) is 57.5 Å². The number of nitrogens with zero attached hydrogens (tertiary/aromatic N) is 5. The van der Waals surface area contributed by atoms with Crippen LogP contribution in [0.3, 0.4) is 0 Å². The smallest absolute Gasteiger partial charge is 0.228 e. The molecule has 5 rings (SSSR count). The molecule has 3 aliphatic heterocycles. The van der Waals surface area contributed by atoms with Crippen molar-refractivity contribution < 1.29 is 9.59 Å². The Morgan fingerprint density at radius 1 is 1.10 bits per heavy atom. The van der Waals surface area contributed by atoms with Gasteiger partial charge in [0, 0.05) is 43.2 Å². The van der Waals surface area contributed by atoms with Crippen LogP contribution in [-0.4, -0.2) is 44.6 Å². The zero-order valence-electron chi connectivity index (χ0n) is 17.0. The summed E-state index contributed by atoms with van der Waals surface area (Å²) in [7, 11) is 0. The predicted octanol–water partition coefficient (Wildman–Crippen LogP) is 3.37. The van der Waals surface area contributed by atoms with Crippen molar-refractivity contribution in [3.8, 4) is 0 Å². The molecule has 1 aromatic heterocycles. The van der Waals surface area contributed by atoms with Crippen LogP contribution >= 0.6 is 11.6 Å². The Kier molecular flexibility index (Phi) is 5.23. The van der Waals surface area contributed by atoms with Gasteiger partial charge in [0.25, 0.3) is 0 Å². The highest BCUT2D eigenvalue weighted by Gasteiger charge is 2.42. The zero-order valence-corrected chi connectivity index (χ0v) is 17.7. The van der Waals surface area contributed by atoms with Crippen LogP contribution < -0.4 is 4.90 Å². The highest BCUT2D eigenvalue weighted by Crippen LogP contribution is 2.36. The first-order valence-electron chi connectivity index (χ1n) is 10.9. The number of halogens is 1. The SMILES string of the molecule is O=C1C[C@H](C(=O)N2CCC[C@@H]2c2nnc3n2CCCCC3)CN1c1cccc(Cl)c1. The number of carbonyl (C=O) groups excluding carboxylic acids is 2. The van der Waals surface area contributed by atoms with Gasteiger partial charge in [0.2, 0.25) is 11.8 Å². The Bertz CT molecular complexity index is 974. The predicted molar refractivity (Wildman–Crippen MR) is 113 cm³/mol. The number of hydrogen-bond donors (Lipinski definition) is 0. The van der Waals surface area contributed by atoms with E-state index in [0.29, 0.717) is 18.1 Å². The topological polar surface area (TPSA) is 71.3 Å². The Morgan fingerprint density at radius 2 is 2.00 bits per heavy atom. The van der Waals surface area contributed by atoms with Gasteiger partial charge in [0.1, 0.15) is 5.82 Å². The number of fused-ring (bicyclic) bond motifs is 1. The maximum atomic E-state index is 13.4. The van der Waals surface area contributed by atoms with E-state index in [2.05, 4.69) is 14.8 Å². The average Bonchev–Trinajstić information content (AvgIpc) is 3.42. The number of benzene rings is 1. The molecule has 0 spiro atoms. The molecule has 2 amide bonds. The van der Waals surface area contributed by atoms with Crippen molar-refractivity contribution >= 4 is 29.1 Å². The second-order valence-corrected chi connectivity index (χ2v) is 8.95. The number of likely N-dealkylation sites (tertiary alicyclic amines) is 1. The lowest BCUT2D eigenvalue weighted by Gasteiger charge is -2.27. The molecule has 0 unspecified atom stereocenters. The molecule has 0 aliphatic carbocycles. The summed E-state index contributed by atoms with van der Waals surface area (Å²) in [6.45, 7) is 2.05. The number of amides is 2. The third kappa shape index (κ3) is 3.49. The van der Waals surface area contributed by atoms with E-state index in [1.54, 1.807) is 17.0 Å². The molecule has 2 aromatic rings. The summed E-state index contributed by atoms with van der Waals surface area (Å²) in [4.78, 5) is 29.7. The van der Waals surface area contributed by atoms with Crippen molar-refractivity contribution in [1.29, 1.82) is 0 Å². The number of hydrogen-bond acceptors (Lipinski definition) is 4. The van der Waals surface area contributed by atoms with Gasteiger partial charge in [-0.25, -0.2) is 0 Å². The van der Waals surface area contributed by atoms with Crippen molar-refractivity contribution in [2.24, 2.45) is 5.92 Å². The lowest BCUT2D eigenvalue weighted by atomic mass is 10.1. The molecule has 2 saturated heterocycles. The van der Waals surface area contributed by atoms with Gasteiger partial charge in [-0.1, -0.05) is 24.1 Å². The number of anilines is 1. The highest BCUT2D eigenvalue weighted by molar-refractivity contribution is 6.31. The summed E-state index contributed by atoms with van der Waals surface area (Å²) in [5.41, 5.74) is 0.753. The summed E-state index contributed by atoms with van der Waals surface area (Å²) in [5, 5.41) is 9.51. The van der Waals surface area contributed by atoms with Crippen LogP contribution in [0.25, 0.3) is 0 Å². The van der Waals surface area contributed by atoms with Crippen molar-refractivity contribution in [2.75, 3.05) is 18.0 Å². The van der Waals surface area contributed by atoms with E-state index >= 15 is 0 Å². The van der Waals surface area contributed by atoms with Crippen LogP contribution in [0.15, 0.2) is 24.3 Å². The normalized spacial score (nSPS) is 24.2. The second kappa shape index (κ2) is 8.02. The number of aryl methyl sites for hydroxylation is 1. The van der Waals surface area contributed by atoms with Crippen LogP contribution in [0.4, 0.5) is 5.69 Å². The summed E-state index contributed by atoms with van der Waals surface area (Å²) in [5.74, 6) is 1.67. The van der Waals surface area contributed by atoms with Gasteiger partial charge in [-0.3, -0.25) is 9.59 Å². The summed E-state index contributed by atoms with van der Waals surface area (Å²) < 4.78 is 2.24. The van der Waals surface area contributed by atoms with E-state index in [0.717, 1.165) is 56.0 Å². The molecule has 4 heterocycles. The molecule has 2 fully saturated rings. The van der Waals surface area contributed by atoms with E-state index in [1.807, 2.05) is 17.0 Å². The minimum Gasteiger partial charge on any atom is -0.332 e. The number of carbonyl (C=O) groups is 2. The minimum atomic E-state index is -0.330. The molecule has 1 aromatic carbocycles. The molecule has 7 nitrogen and oxygen atoms in total. The third-order valence-corrected chi connectivity index (χ3v) is 6.80. The third-order valence-electron chi connectivity index (χ3n) is 6.57. The maximum Gasteiger partial charge on any atom is 0.228 e. The molecular formula is C22H26ClN5O2. The van der Waals surface area contributed by atoms with Crippen LogP contribution in [0.1, 0.15) is 56.2 Å². The highest BCUT2D eigenvalue weighted by atomic mass is 35.5. The standard InChI is InChI=1S/C22H26ClN5O2/c23-16-6-4-7-17(13-16)28-14-15(12-20(28)29)22(30)26-11-5-8-18(26)21-25-24-19-9-2-1-3-10-27(19)21/h4,6-7,13,15,18H,1-3,5,8-12,14H2/t15-,18+/m0/s1. The van der Waals surface area contributed by atoms with E-state index in [-0.39, 0.29) is 30.2 Å². The fourth-order valence-corrected chi connectivity index (χ4v) is 5.24. The van der Waals surface area contributed by atoms with E-state index < -0.39 is 0 Å². The van der Waals surface area contributed by atoms with Gasteiger partial charge in [-0.05, 0) is 43.9 Å². The van der Waals surface area contributed by atoms with Crippen LogP contribution in [0.5, 0.6) is 0 Å². The Morgan fingerprint density at radius 3 is 2.87 bits per heavy atom. The minimum absolute atomic E-state index is 0.0253. The molecule has 0 N–H and O–H groups in total. The fourth-order valence-electron chi connectivity index (χ4n) is 5.05. The second-order valence-electron chi connectivity index (χ2n) is 8.51. The van der Waals surface area contributed by atoms with Crippen LogP contribution in [-0.2, 0) is 22.6 Å².